The van der Waals surface area contributed by atoms with E-state index in [-0.39, 0.29) is 0 Å². The van der Waals surface area contributed by atoms with Gasteiger partial charge in [-0.1, -0.05) is 13.8 Å². The zero-order valence-corrected chi connectivity index (χ0v) is 11.7. The first-order valence-corrected chi connectivity index (χ1v) is 6.41. The van der Waals surface area contributed by atoms with Gasteiger partial charge in [0.05, 0.1) is 0 Å². The van der Waals surface area contributed by atoms with Crippen molar-refractivity contribution in [1.29, 1.82) is 0 Å². The van der Waals surface area contributed by atoms with Crippen LogP contribution in [0.25, 0.3) is 0 Å². The summed E-state index contributed by atoms with van der Waals surface area (Å²) < 4.78 is 0. The highest BCUT2D eigenvalue weighted by Gasteiger charge is 2.13. The van der Waals surface area contributed by atoms with E-state index in [1.165, 1.54) is 0 Å². The molecule has 0 aliphatic rings. The fourth-order valence-electron chi connectivity index (χ4n) is 1.52. The van der Waals surface area contributed by atoms with Crippen molar-refractivity contribution < 1.29 is 0 Å². The molecule has 0 amide bonds. The maximum atomic E-state index is 5.81. The number of rotatable bonds is 6. The van der Waals surface area contributed by atoms with Gasteiger partial charge in [0, 0.05) is 32.2 Å². The number of nitrogens with zero attached hydrogens (tertiary/aromatic N) is 3. The lowest BCUT2D eigenvalue weighted by molar-refractivity contribution is 0.511. The van der Waals surface area contributed by atoms with Gasteiger partial charge in [-0.25, -0.2) is 4.98 Å². The minimum atomic E-state index is 0.345. The summed E-state index contributed by atoms with van der Waals surface area (Å²) in [5.74, 6) is 2.74. The Balaban J connectivity index is 2.75. The third kappa shape index (κ3) is 4.38. The molecule has 1 N–H and O–H groups in total. The van der Waals surface area contributed by atoms with Crippen molar-refractivity contribution in [2.45, 2.75) is 26.3 Å². The third-order valence-corrected chi connectivity index (χ3v) is 2.82. The molecule has 0 radical (unpaired) electrons. The number of halogens is 1. The van der Waals surface area contributed by atoms with E-state index in [1.54, 1.807) is 6.20 Å². The van der Waals surface area contributed by atoms with Crippen molar-refractivity contribution in [2.24, 2.45) is 5.92 Å². The number of nitrogens with one attached hydrogen (secondary N) is 1. The van der Waals surface area contributed by atoms with E-state index in [0.717, 1.165) is 12.2 Å². The molecule has 1 rings (SSSR count). The lowest BCUT2D eigenvalue weighted by atomic mass is 10.0. The SMILES string of the molecule is CC(C)C(CCCl)Nc1ccnc(N(C)C)n1. The molecule has 1 heterocycles. The molecule has 4 nitrogen and oxygen atoms in total. The maximum absolute atomic E-state index is 5.81. The Hall–Kier alpha value is -1.03. The van der Waals surface area contributed by atoms with Gasteiger partial charge in [-0.05, 0) is 18.4 Å². The molecule has 0 aromatic carbocycles. The van der Waals surface area contributed by atoms with Crippen LogP contribution in [0.2, 0.25) is 0 Å². The Morgan fingerprint density at radius 3 is 2.65 bits per heavy atom. The molecule has 1 aromatic rings. The molecule has 1 atom stereocenters. The first-order valence-electron chi connectivity index (χ1n) is 5.87. The van der Waals surface area contributed by atoms with Crippen LogP contribution in [0, 0.1) is 5.92 Å². The fraction of sp³-hybridized carbons (Fsp3) is 0.667. The van der Waals surface area contributed by atoms with Crippen molar-refractivity contribution in [3.8, 4) is 0 Å². The standard InChI is InChI=1S/C12H21ClN4/c1-9(2)10(5-7-13)15-11-6-8-14-12(16-11)17(3)4/h6,8-10H,5,7H2,1-4H3,(H,14,15,16). The average molecular weight is 257 g/mol. The molecule has 0 saturated carbocycles. The zero-order chi connectivity index (χ0) is 12.8. The number of alkyl halides is 1. The highest BCUT2D eigenvalue weighted by molar-refractivity contribution is 6.17. The van der Waals surface area contributed by atoms with Crippen LogP contribution in [-0.2, 0) is 0 Å². The van der Waals surface area contributed by atoms with Gasteiger partial charge < -0.3 is 10.2 Å². The van der Waals surface area contributed by atoms with Crippen molar-refractivity contribution in [1.82, 2.24) is 9.97 Å². The Bertz CT molecular complexity index is 341. The van der Waals surface area contributed by atoms with Gasteiger partial charge in [0.15, 0.2) is 0 Å². The van der Waals surface area contributed by atoms with Crippen LogP contribution in [0.5, 0.6) is 0 Å². The van der Waals surface area contributed by atoms with E-state index < -0.39 is 0 Å². The molecule has 0 spiro atoms. The second kappa shape index (κ2) is 6.64. The van der Waals surface area contributed by atoms with E-state index in [0.29, 0.717) is 23.8 Å². The maximum Gasteiger partial charge on any atom is 0.226 e. The quantitative estimate of drug-likeness (QED) is 0.795. The molecular weight excluding hydrogens is 236 g/mol. The number of hydrogen-bond donors (Lipinski definition) is 1. The van der Waals surface area contributed by atoms with Crippen LogP contribution in [-0.4, -0.2) is 36.0 Å². The molecular formula is C12H21ClN4. The second-order valence-electron chi connectivity index (χ2n) is 4.61. The number of hydrogen-bond acceptors (Lipinski definition) is 4. The topological polar surface area (TPSA) is 41.1 Å². The van der Waals surface area contributed by atoms with Gasteiger partial charge in [-0.2, -0.15) is 4.98 Å². The molecule has 0 fully saturated rings. The molecule has 0 bridgehead atoms. The summed E-state index contributed by atoms with van der Waals surface area (Å²) in [6, 6.07) is 2.23. The summed E-state index contributed by atoms with van der Waals surface area (Å²) >= 11 is 5.81. The summed E-state index contributed by atoms with van der Waals surface area (Å²) in [7, 11) is 3.86. The van der Waals surface area contributed by atoms with Crippen LogP contribution < -0.4 is 10.2 Å². The highest BCUT2D eigenvalue weighted by atomic mass is 35.5. The van der Waals surface area contributed by atoms with Crippen molar-refractivity contribution >= 4 is 23.4 Å². The van der Waals surface area contributed by atoms with Gasteiger partial charge in [0.2, 0.25) is 5.95 Å². The van der Waals surface area contributed by atoms with Gasteiger partial charge in [-0.3, -0.25) is 0 Å². The van der Waals surface area contributed by atoms with E-state index in [1.807, 2.05) is 25.1 Å². The first-order chi connectivity index (χ1) is 8.04. The molecule has 96 valence electrons. The summed E-state index contributed by atoms with van der Waals surface area (Å²) in [4.78, 5) is 10.5. The minimum Gasteiger partial charge on any atom is -0.367 e. The summed E-state index contributed by atoms with van der Waals surface area (Å²) in [5, 5.41) is 3.41. The lowest BCUT2D eigenvalue weighted by Gasteiger charge is -2.22. The Morgan fingerprint density at radius 1 is 1.41 bits per heavy atom. The first kappa shape index (κ1) is 14.0. The van der Waals surface area contributed by atoms with E-state index in [4.69, 9.17) is 11.6 Å². The van der Waals surface area contributed by atoms with E-state index >= 15 is 0 Å². The smallest absolute Gasteiger partial charge is 0.226 e. The van der Waals surface area contributed by atoms with Gasteiger partial charge >= 0.3 is 0 Å². The van der Waals surface area contributed by atoms with E-state index in [2.05, 4.69) is 29.1 Å². The fourth-order valence-corrected chi connectivity index (χ4v) is 1.76. The average Bonchev–Trinajstić information content (AvgIpc) is 2.28. The highest BCUT2D eigenvalue weighted by Crippen LogP contribution is 2.15. The summed E-state index contributed by atoms with van der Waals surface area (Å²) in [6.45, 7) is 4.36. The largest absolute Gasteiger partial charge is 0.367 e. The molecule has 0 saturated heterocycles. The molecule has 1 aromatic heterocycles. The van der Waals surface area contributed by atoms with Crippen LogP contribution in [0.3, 0.4) is 0 Å². The van der Waals surface area contributed by atoms with Crippen molar-refractivity contribution in [2.75, 3.05) is 30.2 Å². The van der Waals surface area contributed by atoms with Gasteiger partial charge in [0.1, 0.15) is 5.82 Å². The zero-order valence-electron chi connectivity index (χ0n) is 10.9. The van der Waals surface area contributed by atoms with E-state index in [9.17, 15) is 0 Å². The van der Waals surface area contributed by atoms with Gasteiger partial charge in [-0.15, -0.1) is 11.6 Å². The van der Waals surface area contributed by atoms with Crippen LogP contribution >= 0.6 is 11.6 Å². The summed E-state index contributed by atoms with van der Waals surface area (Å²) in [5.41, 5.74) is 0. The predicted octanol–water partition coefficient (Wildman–Crippen LogP) is 2.61. The second-order valence-corrected chi connectivity index (χ2v) is 4.99. The lowest BCUT2D eigenvalue weighted by Crippen LogP contribution is -2.27. The summed E-state index contributed by atoms with van der Waals surface area (Å²) in [6.07, 6.45) is 2.70. The third-order valence-electron chi connectivity index (χ3n) is 2.60. The molecule has 1 unspecified atom stereocenters. The normalized spacial score (nSPS) is 12.6. The monoisotopic (exact) mass is 256 g/mol. The predicted molar refractivity (Wildman–Crippen MR) is 73.9 cm³/mol. The number of aromatic nitrogens is 2. The Labute approximate surface area is 108 Å². The number of anilines is 2. The Kier molecular flexibility index (Phi) is 5.48. The molecule has 17 heavy (non-hydrogen) atoms. The van der Waals surface area contributed by atoms with Crippen LogP contribution in [0.4, 0.5) is 11.8 Å². The Morgan fingerprint density at radius 2 is 2.12 bits per heavy atom. The van der Waals surface area contributed by atoms with Crippen molar-refractivity contribution in [3.05, 3.63) is 12.3 Å². The molecule has 0 aliphatic carbocycles. The minimum absolute atomic E-state index is 0.345. The van der Waals surface area contributed by atoms with Crippen molar-refractivity contribution in [3.63, 3.8) is 0 Å². The van der Waals surface area contributed by atoms with Crippen LogP contribution in [0.15, 0.2) is 12.3 Å². The van der Waals surface area contributed by atoms with Gasteiger partial charge in [0.25, 0.3) is 0 Å². The molecule has 0 aliphatic heterocycles. The van der Waals surface area contributed by atoms with Crippen LogP contribution in [0.1, 0.15) is 20.3 Å². The molecule has 5 heteroatoms.